The summed E-state index contributed by atoms with van der Waals surface area (Å²) >= 11 is 0. The minimum Gasteiger partial charge on any atom is -0.493 e. The summed E-state index contributed by atoms with van der Waals surface area (Å²) in [5.74, 6) is 1.63. The van der Waals surface area contributed by atoms with Crippen molar-refractivity contribution in [3.8, 4) is 17.2 Å². The van der Waals surface area contributed by atoms with Crippen molar-refractivity contribution in [3.63, 3.8) is 0 Å². The molecule has 142 valence electrons. The summed E-state index contributed by atoms with van der Waals surface area (Å²) < 4.78 is 21.6. The Hall–Kier alpha value is -2.99. The number of hydrogen-bond donors (Lipinski definition) is 1. The van der Waals surface area contributed by atoms with Crippen LogP contribution in [0, 0.1) is 0 Å². The largest absolute Gasteiger partial charge is 0.493 e. The number of fused-ring (bicyclic) bond motifs is 1. The predicted octanol–water partition coefficient (Wildman–Crippen LogP) is 2.94. The van der Waals surface area contributed by atoms with Gasteiger partial charge < -0.3 is 24.3 Å². The Kier molecular flexibility index (Phi) is 6.33. The molecule has 1 aliphatic rings. The third-order valence-corrected chi connectivity index (χ3v) is 4.08. The molecule has 0 spiro atoms. The van der Waals surface area contributed by atoms with E-state index in [-0.39, 0.29) is 5.91 Å². The lowest BCUT2D eigenvalue weighted by atomic mass is 10.1. The Morgan fingerprint density at radius 2 is 1.85 bits per heavy atom. The van der Waals surface area contributed by atoms with E-state index in [0.29, 0.717) is 43.6 Å². The maximum Gasteiger partial charge on any atom is 0.244 e. The van der Waals surface area contributed by atoms with Crippen LogP contribution in [0.4, 0.5) is 0 Å². The quantitative estimate of drug-likeness (QED) is 0.760. The Labute approximate surface area is 158 Å². The molecule has 6 heteroatoms. The van der Waals surface area contributed by atoms with Crippen LogP contribution in [0.3, 0.4) is 0 Å². The Bertz CT molecular complexity index is 797. The lowest BCUT2D eigenvalue weighted by Gasteiger charge is -2.20. The van der Waals surface area contributed by atoms with Crippen LogP contribution in [0.25, 0.3) is 6.08 Å². The second kappa shape index (κ2) is 9.09. The second-order valence-corrected chi connectivity index (χ2v) is 6.05. The molecule has 1 amide bonds. The van der Waals surface area contributed by atoms with Crippen LogP contribution in [-0.4, -0.2) is 33.3 Å². The molecule has 0 aromatic heterocycles. The van der Waals surface area contributed by atoms with Crippen molar-refractivity contribution in [2.45, 2.75) is 13.2 Å². The van der Waals surface area contributed by atoms with Gasteiger partial charge in [0.2, 0.25) is 11.7 Å². The van der Waals surface area contributed by atoms with Crippen LogP contribution >= 0.6 is 0 Å². The number of carbonyl (C=O) groups excluding carboxylic acids is 1. The highest BCUT2D eigenvalue weighted by atomic mass is 16.6. The smallest absolute Gasteiger partial charge is 0.244 e. The first-order valence-electron chi connectivity index (χ1n) is 8.70. The summed E-state index contributed by atoms with van der Waals surface area (Å²) in [6, 6.07) is 11.6. The molecule has 0 fully saturated rings. The highest BCUT2D eigenvalue weighted by Crippen LogP contribution is 2.40. The van der Waals surface area contributed by atoms with Crippen molar-refractivity contribution in [1.82, 2.24) is 5.32 Å². The third kappa shape index (κ3) is 5.01. The lowest BCUT2D eigenvalue weighted by Crippen LogP contribution is -2.20. The summed E-state index contributed by atoms with van der Waals surface area (Å²) in [5, 5.41) is 2.87. The summed E-state index contributed by atoms with van der Waals surface area (Å²) in [6.45, 7) is 2.02. The molecule has 0 bridgehead atoms. The van der Waals surface area contributed by atoms with Crippen LogP contribution in [0.1, 0.15) is 16.7 Å². The first-order valence-corrected chi connectivity index (χ1v) is 8.70. The van der Waals surface area contributed by atoms with E-state index in [0.717, 1.165) is 16.7 Å². The second-order valence-electron chi connectivity index (χ2n) is 6.05. The molecule has 0 radical (unpaired) electrons. The van der Waals surface area contributed by atoms with E-state index in [9.17, 15) is 4.79 Å². The maximum atomic E-state index is 12.1. The van der Waals surface area contributed by atoms with Crippen LogP contribution in [-0.2, 0) is 22.7 Å². The summed E-state index contributed by atoms with van der Waals surface area (Å²) in [6.07, 6.45) is 3.21. The number of methoxy groups -OCH3 is 2. The topological polar surface area (TPSA) is 66.0 Å². The first-order chi connectivity index (χ1) is 13.2. The van der Waals surface area contributed by atoms with E-state index in [4.69, 9.17) is 18.9 Å². The molecule has 0 aliphatic carbocycles. The Morgan fingerprint density at radius 3 is 2.59 bits per heavy atom. The molecule has 0 saturated carbocycles. The van der Waals surface area contributed by atoms with E-state index < -0.39 is 0 Å². The van der Waals surface area contributed by atoms with Gasteiger partial charge in [0, 0.05) is 19.7 Å². The lowest BCUT2D eigenvalue weighted by molar-refractivity contribution is -0.116. The van der Waals surface area contributed by atoms with Crippen molar-refractivity contribution < 1.29 is 23.7 Å². The van der Waals surface area contributed by atoms with E-state index in [1.54, 1.807) is 20.3 Å². The minimum absolute atomic E-state index is 0.176. The molecule has 1 N–H and O–H groups in total. The van der Waals surface area contributed by atoms with Crippen molar-refractivity contribution in [2.24, 2.45) is 0 Å². The molecule has 1 aliphatic heterocycles. The fraction of sp³-hybridized carbons (Fsp3) is 0.286. The van der Waals surface area contributed by atoms with Gasteiger partial charge in [-0.15, -0.1) is 0 Å². The molecule has 2 aromatic rings. The van der Waals surface area contributed by atoms with Crippen LogP contribution in [0.5, 0.6) is 17.2 Å². The van der Waals surface area contributed by atoms with E-state index in [1.165, 1.54) is 6.08 Å². The molecule has 0 unspecified atom stereocenters. The van der Waals surface area contributed by atoms with Crippen molar-refractivity contribution in [3.05, 3.63) is 59.2 Å². The number of carbonyl (C=O) groups is 1. The molecule has 3 rings (SSSR count). The van der Waals surface area contributed by atoms with Gasteiger partial charge in [0.1, 0.15) is 13.2 Å². The third-order valence-electron chi connectivity index (χ3n) is 4.08. The van der Waals surface area contributed by atoms with Gasteiger partial charge in [-0.3, -0.25) is 4.79 Å². The fourth-order valence-electron chi connectivity index (χ4n) is 2.73. The molecule has 0 saturated heterocycles. The summed E-state index contributed by atoms with van der Waals surface area (Å²) in [7, 11) is 3.24. The fourth-order valence-corrected chi connectivity index (χ4v) is 2.73. The monoisotopic (exact) mass is 369 g/mol. The van der Waals surface area contributed by atoms with Gasteiger partial charge in [0.25, 0.3) is 0 Å². The van der Waals surface area contributed by atoms with Crippen LogP contribution in [0.2, 0.25) is 0 Å². The predicted molar refractivity (Wildman–Crippen MR) is 102 cm³/mol. The van der Waals surface area contributed by atoms with Crippen molar-refractivity contribution in [2.75, 3.05) is 27.4 Å². The van der Waals surface area contributed by atoms with E-state index in [2.05, 4.69) is 5.32 Å². The molecule has 0 atom stereocenters. The molecule has 27 heavy (non-hydrogen) atoms. The zero-order chi connectivity index (χ0) is 19.1. The average molecular weight is 369 g/mol. The van der Waals surface area contributed by atoms with Gasteiger partial charge in [0.15, 0.2) is 11.5 Å². The van der Waals surface area contributed by atoms with Crippen molar-refractivity contribution >= 4 is 12.0 Å². The van der Waals surface area contributed by atoms with Gasteiger partial charge in [-0.2, -0.15) is 0 Å². The Balaban J connectivity index is 1.59. The highest BCUT2D eigenvalue weighted by Gasteiger charge is 2.17. The van der Waals surface area contributed by atoms with E-state index in [1.807, 2.05) is 36.4 Å². The number of amides is 1. The molecule has 2 aromatic carbocycles. The van der Waals surface area contributed by atoms with Crippen molar-refractivity contribution in [1.29, 1.82) is 0 Å². The number of hydrogen-bond acceptors (Lipinski definition) is 5. The molecule has 6 nitrogen and oxygen atoms in total. The normalized spacial score (nSPS) is 12.8. The maximum absolute atomic E-state index is 12.1. The molecule has 1 heterocycles. The minimum atomic E-state index is -0.176. The summed E-state index contributed by atoms with van der Waals surface area (Å²) in [5.41, 5.74) is 2.92. The zero-order valence-electron chi connectivity index (χ0n) is 15.5. The van der Waals surface area contributed by atoms with Gasteiger partial charge in [-0.05, 0) is 34.9 Å². The average Bonchev–Trinajstić information content (AvgIpc) is 2.71. The van der Waals surface area contributed by atoms with Crippen LogP contribution < -0.4 is 19.5 Å². The number of benzene rings is 2. The Morgan fingerprint density at radius 1 is 1.11 bits per heavy atom. The number of nitrogens with one attached hydrogen (secondary N) is 1. The zero-order valence-corrected chi connectivity index (χ0v) is 15.5. The van der Waals surface area contributed by atoms with Gasteiger partial charge >= 0.3 is 0 Å². The number of rotatable bonds is 7. The standard InChI is InChI=1S/C21H23NO5/c1-24-14-16-5-3-15(4-6-16)13-22-20(23)8-7-17-11-18(25-2)21-19(12-17)26-9-10-27-21/h3-8,11-12H,9-10,13-14H2,1-2H3,(H,22,23)/b8-7+. The number of ether oxygens (including phenoxy) is 4. The summed E-state index contributed by atoms with van der Waals surface area (Å²) in [4.78, 5) is 12.1. The van der Waals surface area contributed by atoms with Gasteiger partial charge in [-0.25, -0.2) is 0 Å². The van der Waals surface area contributed by atoms with E-state index >= 15 is 0 Å². The van der Waals surface area contributed by atoms with Gasteiger partial charge in [0.05, 0.1) is 13.7 Å². The SMILES string of the molecule is COCc1ccc(CNC(=O)/C=C/c2cc(OC)c3c(c2)OCCO3)cc1. The van der Waals surface area contributed by atoms with Crippen LogP contribution in [0.15, 0.2) is 42.5 Å². The molecular formula is C21H23NO5. The molecular weight excluding hydrogens is 346 g/mol. The highest BCUT2D eigenvalue weighted by molar-refractivity contribution is 5.91. The van der Waals surface area contributed by atoms with Gasteiger partial charge in [-0.1, -0.05) is 24.3 Å². The first kappa shape index (κ1) is 18.8.